The van der Waals surface area contributed by atoms with E-state index < -0.39 is 0 Å². The van der Waals surface area contributed by atoms with Gasteiger partial charge in [-0.25, -0.2) is 4.98 Å². The summed E-state index contributed by atoms with van der Waals surface area (Å²) in [5, 5.41) is 5.51. The molecule has 0 bridgehead atoms. The lowest BCUT2D eigenvalue weighted by atomic mass is 10.1. The van der Waals surface area contributed by atoms with Crippen molar-refractivity contribution in [3.8, 4) is 5.75 Å². The summed E-state index contributed by atoms with van der Waals surface area (Å²) in [6.07, 6.45) is 1.64. The Morgan fingerprint density at radius 2 is 2.04 bits per heavy atom. The van der Waals surface area contributed by atoms with Crippen LogP contribution in [0.2, 0.25) is 0 Å². The van der Waals surface area contributed by atoms with E-state index in [-0.39, 0.29) is 18.4 Å². The third-order valence-electron chi connectivity index (χ3n) is 4.22. The molecule has 0 radical (unpaired) electrons. The van der Waals surface area contributed by atoms with Gasteiger partial charge in [-0.3, -0.25) is 9.59 Å². The fourth-order valence-corrected chi connectivity index (χ4v) is 2.86. The average Bonchev–Trinajstić information content (AvgIpc) is 2.69. The summed E-state index contributed by atoms with van der Waals surface area (Å²) in [7, 11) is 0. The van der Waals surface area contributed by atoms with Gasteiger partial charge in [-0.05, 0) is 30.3 Å². The maximum absolute atomic E-state index is 12.4. The van der Waals surface area contributed by atoms with Gasteiger partial charge in [0.1, 0.15) is 11.6 Å². The molecule has 1 fully saturated rings. The second kappa shape index (κ2) is 7.01. The number of anilines is 3. The number of nitrogens with one attached hydrogen (secondary N) is 2. The molecule has 134 valence electrons. The number of hydrogen-bond donors (Lipinski definition) is 2. The first-order valence-corrected chi connectivity index (χ1v) is 8.36. The van der Waals surface area contributed by atoms with E-state index in [0.29, 0.717) is 35.9 Å². The quantitative estimate of drug-likeness (QED) is 0.868. The maximum Gasteiger partial charge on any atom is 0.262 e. The first-order valence-electron chi connectivity index (χ1n) is 8.36. The Hall–Kier alpha value is -3.13. The van der Waals surface area contributed by atoms with Crippen LogP contribution < -0.4 is 20.3 Å². The number of amides is 2. The molecule has 2 aliphatic heterocycles. The van der Waals surface area contributed by atoms with Crippen LogP contribution in [0.15, 0.2) is 36.5 Å². The van der Waals surface area contributed by atoms with Crippen molar-refractivity contribution in [1.29, 1.82) is 0 Å². The van der Waals surface area contributed by atoms with Crippen LogP contribution in [0.3, 0.4) is 0 Å². The van der Waals surface area contributed by atoms with E-state index in [1.807, 2.05) is 12.1 Å². The molecule has 0 saturated carbocycles. The van der Waals surface area contributed by atoms with Crippen LogP contribution in [-0.4, -0.2) is 49.7 Å². The summed E-state index contributed by atoms with van der Waals surface area (Å²) < 4.78 is 10.7. The third kappa shape index (κ3) is 3.45. The summed E-state index contributed by atoms with van der Waals surface area (Å²) in [6, 6.07) is 8.61. The zero-order chi connectivity index (χ0) is 17.9. The number of pyridine rings is 1. The average molecular weight is 354 g/mol. The highest BCUT2D eigenvalue weighted by Gasteiger charge is 2.18. The Morgan fingerprint density at radius 3 is 2.81 bits per heavy atom. The standard InChI is InChI=1S/C18H18N4O4/c23-17-11-26-15-9-12(1-3-14(15)21-17)18(24)20-13-2-4-16(19-10-13)22-5-7-25-8-6-22/h1-4,9-10H,5-8,11H2,(H,20,24)(H,21,23). The van der Waals surface area contributed by atoms with E-state index in [4.69, 9.17) is 9.47 Å². The highest BCUT2D eigenvalue weighted by Crippen LogP contribution is 2.28. The lowest BCUT2D eigenvalue weighted by Crippen LogP contribution is -2.36. The van der Waals surface area contributed by atoms with Crippen molar-refractivity contribution >= 4 is 29.0 Å². The van der Waals surface area contributed by atoms with Crippen molar-refractivity contribution < 1.29 is 19.1 Å². The van der Waals surface area contributed by atoms with Gasteiger partial charge in [-0.15, -0.1) is 0 Å². The summed E-state index contributed by atoms with van der Waals surface area (Å²) in [5.41, 5.74) is 1.62. The highest BCUT2D eigenvalue weighted by atomic mass is 16.5. The van der Waals surface area contributed by atoms with Crippen LogP contribution in [-0.2, 0) is 9.53 Å². The fraction of sp³-hybridized carbons (Fsp3) is 0.278. The van der Waals surface area contributed by atoms with Gasteiger partial charge in [0.05, 0.1) is 30.8 Å². The minimum Gasteiger partial charge on any atom is -0.482 e. The molecule has 1 saturated heterocycles. The van der Waals surface area contributed by atoms with Crippen molar-refractivity contribution in [3.63, 3.8) is 0 Å². The minimum atomic E-state index is -0.269. The van der Waals surface area contributed by atoms with Gasteiger partial charge in [0.25, 0.3) is 11.8 Å². The Morgan fingerprint density at radius 1 is 1.19 bits per heavy atom. The van der Waals surface area contributed by atoms with Gasteiger partial charge in [0.2, 0.25) is 0 Å². The molecule has 3 heterocycles. The number of ether oxygens (including phenoxy) is 2. The molecule has 8 nitrogen and oxygen atoms in total. The van der Waals surface area contributed by atoms with Crippen LogP contribution in [0, 0.1) is 0 Å². The van der Waals surface area contributed by atoms with Crippen molar-refractivity contribution in [2.24, 2.45) is 0 Å². The summed E-state index contributed by atoms with van der Waals surface area (Å²) in [4.78, 5) is 30.3. The zero-order valence-corrected chi connectivity index (χ0v) is 14.0. The Balaban J connectivity index is 1.44. The van der Waals surface area contributed by atoms with Gasteiger partial charge in [-0.1, -0.05) is 0 Å². The molecular formula is C18H18N4O4. The van der Waals surface area contributed by atoms with Crippen LogP contribution in [0.5, 0.6) is 5.75 Å². The Labute approximate surface area is 150 Å². The van der Waals surface area contributed by atoms with Crippen LogP contribution in [0.1, 0.15) is 10.4 Å². The second-order valence-corrected chi connectivity index (χ2v) is 6.01. The number of morpholine rings is 1. The third-order valence-corrected chi connectivity index (χ3v) is 4.22. The molecule has 2 amide bonds. The van der Waals surface area contributed by atoms with E-state index in [0.717, 1.165) is 18.9 Å². The highest BCUT2D eigenvalue weighted by molar-refractivity contribution is 6.05. The lowest BCUT2D eigenvalue weighted by molar-refractivity contribution is -0.118. The summed E-state index contributed by atoms with van der Waals surface area (Å²) in [6.45, 7) is 2.96. The molecule has 8 heteroatoms. The molecule has 2 aromatic rings. The van der Waals surface area contributed by atoms with E-state index in [2.05, 4.69) is 20.5 Å². The molecule has 4 rings (SSSR count). The predicted molar refractivity (Wildman–Crippen MR) is 95.8 cm³/mol. The monoisotopic (exact) mass is 354 g/mol. The number of carbonyl (C=O) groups excluding carboxylic acids is 2. The summed E-state index contributed by atoms with van der Waals surface area (Å²) >= 11 is 0. The molecule has 0 aliphatic carbocycles. The van der Waals surface area contributed by atoms with Crippen LogP contribution in [0.25, 0.3) is 0 Å². The van der Waals surface area contributed by atoms with Gasteiger partial charge >= 0.3 is 0 Å². The molecule has 2 N–H and O–H groups in total. The number of carbonyl (C=O) groups is 2. The van der Waals surface area contributed by atoms with Crippen molar-refractivity contribution in [2.75, 3.05) is 48.4 Å². The Kier molecular flexibility index (Phi) is 4.40. The van der Waals surface area contributed by atoms with E-state index in [9.17, 15) is 9.59 Å². The fourth-order valence-electron chi connectivity index (χ4n) is 2.86. The van der Waals surface area contributed by atoms with E-state index >= 15 is 0 Å². The van der Waals surface area contributed by atoms with Crippen molar-refractivity contribution in [2.45, 2.75) is 0 Å². The smallest absolute Gasteiger partial charge is 0.262 e. The first kappa shape index (κ1) is 16.3. The molecule has 1 aromatic carbocycles. The molecular weight excluding hydrogens is 336 g/mol. The molecule has 0 unspecified atom stereocenters. The second-order valence-electron chi connectivity index (χ2n) is 6.01. The molecule has 0 atom stereocenters. The first-order chi connectivity index (χ1) is 12.7. The number of fused-ring (bicyclic) bond motifs is 1. The zero-order valence-electron chi connectivity index (χ0n) is 14.0. The normalized spacial score (nSPS) is 16.3. The molecule has 0 spiro atoms. The number of nitrogens with zero attached hydrogens (tertiary/aromatic N) is 2. The number of aromatic nitrogens is 1. The van der Waals surface area contributed by atoms with Gasteiger partial charge in [0.15, 0.2) is 6.61 Å². The molecule has 1 aromatic heterocycles. The Bertz CT molecular complexity index is 832. The minimum absolute atomic E-state index is 0.0506. The van der Waals surface area contributed by atoms with E-state index in [1.165, 1.54) is 0 Å². The topological polar surface area (TPSA) is 92.8 Å². The van der Waals surface area contributed by atoms with Crippen molar-refractivity contribution in [1.82, 2.24) is 4.98 Å². The maximum atomic E-state index is 12.4. The largest absolute Gasteiger partial charge is 0.482 e. The van der Waals surface area contributed by atoms with E-state index in [1.54, 1.807) is 24.4 Å². The number of benzene rings is 1. The van der Waals surface area contributed by atoms with Gasteiger partial charge in [-0.2, -0.15) is 0 Å². The van der Waals surface area contributed by atoms with Crippen LogP contribution >= 0.6 is 0 Å². The van der Waals surface area contributed by atoms with Gasteiger partial charge < -0.3 is 25.0 Å². The SMILES string of the molecule is O=C1COc2cc(C(=O)Nc3ccc(N4CCOCC4)nc3)ccc2N1. The number of rotatable bonds is 3. The molecule has 2 aliphatic rings. The molecule has 26 heavy (non-hydrogen) atoms. The predicted octanol–water partition coefficient (Wildman–Crippen LogP) is 1.50. The van der Waals surface area contributed by atoms with Crippen molar-refractivity contribution in [3.05, 3.63) is 42.1 Å². The van der Waals surface area contributed by atoms with Crippen LogP contribution in [0.4, 0.5) is 17.2 Å². The lowest BCUT2D eigenvalue weighted by Gasteiger charge is -2.27. The summed E-state index contributed by atoms with van der Waals surface area (Å²) in [5.74, 6) is 0.873. The van der Waals surface area contributed by atoms with Gasteiger partial charge in [0, 0.05) is 18.7 Å². The number of hydrogen-bond acceptors (Lipinski definition) is 6.